The Morgan fingerprint density at radius 3 is 2.33 bits per heavy atom. The molecule has 4 aromatic rings. The van der Waals surface area contributed by atoms with Crippen molar-refractivity contribution in [3.05, 3.63) is 61.4 Å². The van der Waals surface area contributed by atoms with Crippen LogP contribution in [-0.4, -0.2) is 21.5 Å². The van der Waals surface area contributed by atoms with E-state index < -0.39 is 0 Å². The third kappa shape index (κ3) is 2.66. The number of oxazole rings is 1. The number of halogens is 2. The number of hydrogen-bond acceptors (Lipinski definition) is 7. The van der Waals surface area contributed by atoms with Crippen LogP contribution in [0.3, 0.4) is 0 Å². The highest BCUT2D eigenvalue weighted by Crippen LogP contribution is 2.36. The summed E-state index contributed by atoms with van der Waals surface area (Å²) in [6.07, 6.45) is 3.24. The minimum Gasteiger partial charge on any atom is -0.433 e. The molecule has 5 rings (SSSR count). The molecule has 0 aliphatic heterocycles. The van der Waals surface area contributed by atoms with Gasteiger partial charge in [0, 0.05) is 33.6 Å². The van der Waals surface area contributed by atoms with Gasteiger partial charge in [0.05, 0.1) is 15.6 Å². The van der Waals surface area contributed by atoms with E-state index in [4.69, 9.17) is 27.6 Å². The summed E-state index contributed by atoms with van der Waals surface area (Å²) >= 11 is 14.7. The minimum atomic E-state index is -0.366. The number of aromatic nitrogens is 2. The van der Waals surface area contributed by atoms with E-state index in [0.29, 0.717) is 26.2 Å². The molecule has 132 valence electrons. The second-order valence-corrected chi connectivity index (χ2v) is 8.47. The van der Waals surface area contributed by atoms with Crippen LogP contribution in [0.5, 0.6) is 0 Å². The van der Waals surface area contributed by atoms with Gasteiger partial charge in [-0.1, -0.05) is 23.2 Å². The van der Waals surface area contributed by atoms with E-state index in [1.54, 1.807) is 18.3 Å². The summed E-state index contributed by atoms with van der Waals surface area (Å²) < 4.78 is 5.72. The van der Waals surface area contributed by atoms with Gasteiger partial charge < -0.3 is 4.42 Å². The van der Waals surface area contributed by atoms with Crippen molar-refractivity contribution in [3.8, 4) is 10.9 Å². The molecule has 0 saturated carbocycles. The topological polar surface area (TPSA) is 73.1 Å². The van der Waals surface area contributed by atoms with Gasteiger partial charge in [0.2, 0.25) is 0 Å². The van der Waals surface area contributed by atoms with E-state index in [-0.39, 0.29) is 38.3 Å². The molecule has 9 heteroatoms. The SMILES string of the molecule is O=C1C(=Cc2cc3oc(-c4nccs4)nc3s2)C(=O)c2cc(Cl)c(Cl)cc21. The van der Waals surface area contributed by atoms with E-state index in [1.807, 2.05) is 5.38 Å². The summed E-state index contributed by atoms with van der Waals surface area (Å²) in [6, 6.07) is 4.62. The van der Waals surface area contributed by atoms with Crippen molar-refractivity contribution < 1.29 is 14.0 Å². The number of thiophene rings is 1. The molecule has 0 spiro atoms. The quantitative estimate of drug-likeness (QED) is 0.296. The molecule has 1 aromatic carbocycles. The number of rotatable bonds is 2. The van der Waals surface area contributed by atoms with Crippen molar-refractivity contribution in [2.24, 2.45) is 0 Å². The smallest absolute Gasteiger partial charge is 0.257 e. The number of ketones is 2. The van der Waals surface area contributed by atoms with Crippen molar-refractivity contribution in [1.82, 2.24) is 9.97 Å². The van der Waals surface area contributed by atoms with E-state index in [0.717, 1.165) is 0 Å². The Bertz CT molecular complexity index is 1210. The molecule has 3 aromatic heterocycles. The summed E-state index contributed by atoms with van der Waals surface area (Å²) in [5.74, 6) is -0.278. The predicted molar refractivity (Wildman–Crippen MR) is 106 cm³/mol. The lowest BCUT2D eigenvalue weighted by molar-refractivity contribution is 0.0990. The zero-order chi connectivity index (χ0) is 18.7. The van der Waals surface area contributed by atoms with Crippen molar-refractivity contribution >= 4 is 73.9 Å². The summed E-state index contributed by atoms with van der Waals surface area (Å²) in [5.41, 5.74) is 1.20. The zero-order valence-electron chi connectivity index (χ0n) is 13.2. The van der Waals surface area contributed by atoms with E-state index in [1.165, 1.54) is 34.8 Å². The molecule has 0 radical (unpaired) electrons. The van der Waals surface area contributed by atoms with Crippen LogP contribution in [0.15, 0.2) is 39.8 Å². The number of nitrogens with zero attached hydrogens (tertiary/aromatic N) is 2. The highest BCUT2D eigenvalue weighted by atomic mass is 35.5. The average molecular weight is 433 g/mol. The first-order valence-corrected chi connectivity index (χ1v) is 10.1. The number of hydrogen-bond donors (Lipinski definition) is 0. The Kier molecular flexibility index (Phi) is 3.80. The fourth-order valence-electron chi connectivity index (χ4n) is 2.83. The molecule has 1 aliphatic rings. The highest BCUT2D eigenvalue weighted by molar-refractivity contribution is 7.19. The van der Waals surface area contributed by atoms with Gasteiger partial charge in [0.1, 0.15) is 0 Å². The third-order valence-electron chi connectivity index (χ3n) is 4.05. The van der Waals surface area contributed by atoms with Gasteiger partial charge >= 0.3 is 0 Å². The van der Waals surface area contributed by atoms with Crippen LogP contribution in [0.25, 0.3) is 27.4 Å². The van der Waals surface area contributed by atoms with Crippen molar-refractivity contribution in [1.29, 1.82) is 0 Å². The van der Waals surface area contributed by atoms with E-state index >= 15 is 0 Å². The normalized spacial score (nSPS) is 13.6. The summed E-state index contributed by atoms with van der Waals surface area (Å²) in [6.45, 7) is 0. The second kappa shape index (κ2) is 6.10. The summed E-state index contributed by atoms with van der Waals surface area (Å²) in [5, 5.41) is 3.02. The average Bonchev–Trinajstić information content (AvgIpc) is 3.38. The lowest BCUT2D eigenvalue weighted by atomic mass is 10.1. The molecule has 0 saturated heterocycles. The largest absolute Gasteiger partial charge is 0.433 e. The third-order valence-corrected chi connectivity index (χ3v) is 6.49. The number of thiazole rings is 1. The monoisotopic (exact) mass is 432 g/mol. The molecule has 0 N–H and O–H groups in total. The molecule has 5 nitrogen and oxygen atoms in total. The Morgan fingerprint density at radius 2 is 1.74 bits per heavy atom. The fraction of sp³-hybridized carbons (Fsp3) is 0. The maximum absolute atomic E-state index is 12.6. The molecule has 0 unspecified atom stereocenters. The van der Waals surface area contributed by atoms with Crippen LogP contribution in [-0.2, 0) is 0 Å². The maximum Gasteiger partial charge on any atom is 0.257 e. The highest BCUT2D eigenvalue weighted by Gasteiger charge is 2.34. The molecule has 27 heavy (non-hydrogen) atoms. The number of benzene rings is 1. The van der Waals surface area contributed by atoms with Gasteiger partial charge in [-0.3, -0.25) is 9.59 Å². The minimum absolute atomic E-state index is 0.0763. The lowest BCUT2D eigenvalue weighted by Gasteiger charge is -1.98. The molecule has 0 atom stereocenters. The number of Topliss-reactive ketones (excluding diaryl/α,β-unsaturated/α-hetero) is 2. The van der Waals surface area contributed by atoms with Crippen molar-refractivity contribution in [2.75, 3.05) is 0 Å². The number of carbonyl (C=O) groups excluding carboxylic acids is 2. The number of carbonyl (C=O) groups is 2. The molecular weight excluding hydrogens is 427 g/mol. The molecular formula is C18H6Cl2N2O3S2. The van der Waals surface area contributed by atoms with Crippen LogP contribution in [0.1, 0.15) is 25.6 Å². The van der Waals surface area contributed by atoms with Crippen molar-refractivity contribution in [3.63, 3.8) is 0 Å². The van der Waals surface area contributed by atoms with Crippen LogP contribution >= 0.6 is 45.9 Å². The Hall–Kier alpha value is -2.32. The van der Waals surface area contributed by atoms with Crippen LogP contribution in [0.4, 0.5) is 0 Å². The van der Waals surface area contributed by atoms with Crippen LogP contribution in [0.2, 0.25) is 10.0 Å². The fourth-order valence-corrected chi connectivity index (χ4v) is 4.62. The molecule has 0 amide bonds. The molecule has 0 fully saturated rings. The van der Waals surface area contributed by atoms with Gasteiger partial charge in [-0.15, -0.1) is 22.7 Å². The molecule has 0 bridgehead atoms. The van der Waals surface area contributed by atoms with E-state index in [9.17, 15) is 9.59 Å². The standard InChI is InChI=1S/C18H6Cl2N2O3S2/c19-11-5-8-9(6-12(11)20)15(24)10(14(8)23)3-7-4-13-17(27-7)22-16(25-13)18-21-1-2-26-18/h1-6H. The second-order valence-electron chi connectivity index (χ2n) is 5.70. The Morgan fingerprint density at radius 1 is 1.04 bits per heavy atom. The Labute approximate surface area is 169 Å². The zero-order valence-corrected chi connectivity index (χ0v) is 16.3. The number of fused-ring (bicyclic) bond motifs is 2. The first-order chi connectivity index (χ1) is 13.0. The van der Waals surface area contributed by atoms with E-state index in [2.05, 4.69) is 9.97 Å². The number of allylic oxidation sites excluding steroid dienone is 1. The Balaban J connectivity index is 1.54. The summed E-state index contributed by atoms with van der Waals surface area (Å²) in [7, 11) is 0. The van der Waals surface area contributed by atoms with Gasteiger partial charge in [-0.25, -0.2) is 4.98 Å². The van der Waals surface area contributed by atoms with Crippen molar-refractivity contribution in [2.45, 2.75) is 0 Å². The first kappa shape index (κ1) is 16.8. The van der Waals surface area contributed by atoms with Gasteiger partial charge in [-0.2, -0.15) is 4.98 Å². The van der Waals surface area contributed by atoms with Crippen LogP contribution in [0, 0.1) is 0 Å². The summed E-state index contributed by atoms with van der Waals surface area (Å²) in [4.78, 5) is 35.2. The van der Waals surface area contributed by atoms with Crippen LogP contribution < -0.4 is 0 Å². The van der Waals surface area contributed by atoms with Gasteiger partial charge in [-0.05, 0) is 18.2 Å². The first-order valence-electron chi connectivity index (χ1n) is 7.61. The maximum atomic E-state index is 12.6. The van der Waals surface area contributed by atoms with Gasteiger partial charge in [0.25, 0.3) is 5.89 Å². The van der Waals surface area contributed by atoms with Gasteiger partial charge in [0.15, 0.2) is 27.0 Å². The predicted octanol–water partition coefficient (Wildman–Crippen LogP) is 5.78. The molecule has 1 aliphatic carbocycles. The molecule has 3 heterocycles. The lowest BCUT2D eigenvalue weighted by Crippen LogP contribution is -1.99.